The van der Waals surface area contributed by atoms with Gasteiger partial charge in [-0.1, -0.05) is 0 Å². The van der Waals surface area contributed by atoms with Crippen molar-refractivity contribution in [3.63, 3.8) is 0 Å². The Hall–Kier alpha value is -0.0551. The van der Waals surface area contributed by atoms with Crippen LogP contribution in [0.15, 0.2) is 0 Å². The van der Waals surface area contributed by atoms with E-state index in [2.05, 4.69) is 0 Å². The van der Waals surface area contributed by atoms with E-state index < -0.39 is 7.05 Å². The quantitative estimate of drug-likeness (QED) is 0.364. The molecular weight excluding hydrogens is 164 g/mol. The summed E-state index contributed by atoms with van der Waals surface area (Å²) in [5, 5.41) is 9.04. The van der Waals surface area contributed by atoms with Gasteiger partial charge in [0.2, 0.25) is 0 Å². The van der Waals surface area contributed by atoms with E-state index in [-0.39, 0.29) is 11.4 Å². The molecule has 2 atom stereocenters. The molecule has 1 saturated heterocycles. The molecular formula is C6H11BClNO2. The minimum Gasteiger partial charge on any atom is -0.437 e. The van der Waals surface area contributed by atoms with Crippen molar-refractivity contribution in [2.24, 2.45) is 0 Å². The van der Waals surface area contributed by atoms with E-state index in [1.54, 1.807) is 11.6 Å². The van der Waals surface area contributed by atoms with Crippen LogP contribution in [0.3, 0.4) is 0 Å². The number of carbonyl (C=O) groups is 1. The molecule has 0 aromatic carbocycles. The maximum Gasteiger partial charge on any atom is 0.377 e. The number of halogens is 1. The molecule has 1 fully saturated rings. The molecule has 1 aliphatic heterocycles. The first kappa shape index (κ1) is 9.04. The summed E-state index contributed by atoms with van der Waals surface area (Å²) in [6, 6.07) is -0.309. The van der Waals surface area contributed by atoms with E-state index >= 15 is 0 Å². The SMILES string of the molecule is CB(O)N1CC[C@@H](Cl)[C@@H]1C=O. The molecule has 1 rings (SSSR count). The molecule has 1 heterocycles. The molecule has 3 nitrogen and oxygen atoms in total. The van der Waals surface area contributed by atoms with Gasteiger partial charge in [-0.05, 0) is 19.8 Å². The third kappa shape index (κ3) is 1.75. The molecule has 0 aromatic heterocycles. The average molecular weight is 175 g/mol. The van der Waals surface area contributed by atoms with Gasteiger partial charge in [-0.3, -0.25) is 0 Å². The highest BCUT2D eigenvalue weighted by molar-refractivity contribution is 6.46. The highest BCUT2D eigenvalue weighted by atomic mass is 35.5. The number of rotatable bonds is 2. The molecule has 11 heavy (non-hydrogen) atoms. The minimum absolute atomic E-state index is 0.137. The van der Waals surface area contributed by atoms with Crippen molar-refractivity contribution in [2.45, 2.75) is 24.7 Å². The Morgan fingerprint density at radius 1 is 1.82 bits per heavy atom. The number of carbonyl (C=O) groups excluding carboxylic acids is 1. The van der Waals surface area contributed by atoms with Gasteiger partial charge in [0.1, 0.15) is 6.29 Å². The van der Waals surface area contributed by atoms with Crippen molar-refractivity contribution < 1.29 is 9.82 Å². The third-order valence-electron chi connectivity index (χ3n) is 2.04. The van der Waals surface area contributed by atoms with Crippen LogP contribution in [0, 0.1) is 0 Å². The maximum absolute atomic E-state index is 10.5. The largest absolute Gasteiger partial charge is 0.437 e. The second kappa shape index (κ2) is 3.56. The van der Waals surface area contributed by atoms with Gasteiger partial charge in [0.15, 0.2) is 0 Å². The van der Waals surface area contributed by atoms with Gasteiger partial charge in [0.25, 0.3) is 0 Å². The molecule has 5 heteroatoms. The van der Waals surface area contributed by atoms with Crippen LogP contribution in [0.2, 0.25) is 6.82 Å². The Labute approximate surface area is 71.5 Å². The lowest BCUT2D eigenvalue weighted by Gasteiger charge is -2.21. The fourth-order valence-electron chi connectivity index (χ4n) is 1.40. The average Bonchev–Trinajstić information content (AvgIpc) is 2.30. The fourth-order valence-corrected chi connectivity index (χ4v) is 1.70. The second-order valence-corrected chi connectivity index (χ2v) is 3.36. The molecule has 62 valence electrons. The van der Waals surface area contributed by atoms with Gasteiger partial charge in [0, 0.05) is 0 Å². The predicted molar refractivity (Wildman–Crippen MR) is 44.7 cm³/mol. The Balaban J connectivity index is 2.61. The molecule has 0 bridgehead atoms. The molecule has 0 radical (unpaired) electrons. The van der Waals surface area contributed by atoms with Gasteiger partial charge in [-0.2, -0.15) is 0 Å². The molecule has 0 aliphatic carbocycles. The molecule has 0 amide bonds. The zero-order valence-electron chi connectivity index (χ0n) is 6.40. The van der Waals surface area contributed by atoms with E-state index in [9.17, 15) is 9.82 Å². The van der Waals surface area contributed by atoms with Crippen molar-refractivity contribution in [3.05, 3.63) is 0 Å². The Morgan fingerprint density at radius 3 is 2.82 bits per heavy atom. The highest BCUT2D eigenvalue weighted by Crippen LogP contribution is 2.21. The van der Waals surface area contributed by atoms with Crippen LogP contribution >= 0.6 is 11.6 Å². The minimum atomic E-state index is -0.575. The van der Waals surface area contributed by atoms with Crippen molar-refractivity contribution >= 4 is 24.9 Å². The van der Waals surface area contributed by atoms with Gasteiger partial charge in [-0.25, -0.2) is 0 Å². The van der Waals surface area contributed by atoms with Gasteiger partial charge < -0.3 is 14.6 Å². The van der Waals surface area contributed by atoms with Crippen molar-refractivity contribution in [1.29, 1.82) is 0 Å². The van der Waals surface area contributed by atoms with Crippen LogP contribution in [0.5, 0.6) is 0 Å². The summed E-state index contributed by atoms with van der Waals surface area (Å²) in [5.74, 6) is 0. The topological polar surface area (TPSA) is 40.5 Å². The number of hydrogen-bond donors (Lipinski definition) is 1. The summed E-state index contributed by atoms with van der Waals surface area (Å²) in [7, 11) is -0.575. The van der Waals surface area contributed by atoms with Crippen molar-refractivity contribution in [1.82, 2.24) is 4.81 Å². The van der Waals surface area contributed by atoms with Crippen LogP contribution in [-0.2, 0) is 4.79 Å². The Morgan fingerprint density at radius 2 is 2.45 bits per heavy atom. The Kier molecular flexibility index (Phi) is 2.93. The van der Waals surface area contributed by atoms with Crippen LogP contribution < -0.4 is 0 Å². The molecule has 1 N–H and O–H groups in total. The van der Waals surface area contributed by atoms with Crippen LogP contribution in [0.25, 0.3) is 0 Å². The van der Waals surface area contributed by atoms with E-state index in [1.165, 1.54) is 0 Å². The lowest BCUT2D eigenvalue weighted by Crippen LogP contribution is -2.43. The number of aldehydes is 1. The highest BCUT2D eigenvalue weighted by Gasteiger charge is 2.36. The number of hydrogen-bond acceptors (Lipinski definition) is 3. The van der Waals surface area contributed by atoms with Gasteiger partial charge in [-0.15, -0.1) is 11.6 Å². The third-order valence-corrected chi connectivity index (χ3v) is 2.51. The molecule has 1 aliphatic rings. The van der Waals surface area contributed by atoms with Crippen LogP contribution in [0.1, 0.15) is 6.42 Å². The first-order valence-corrected chi connectivity index (χ1v) is 4.13. The smallest absolute Gasteiger partial charge is 0.377 e. The number of alkyl halides is 1. The summed E-state index contributed by atoms with van der Waals surface area (Å²) in [6.07, 6.45) is 1.58. The van der Waals surface area contributed by atoms with Gasteiger partial charge in [0.05, 0.1) is 11.4 Å². The van der Waals surface area contributed by atoms with Crippen molar-refractivity contribution in [2.75, 3.05) is 6.54 Å². The van der Waals surface area contributed by atoms with E-state index in [4.69, 9.17) is 11.6 Å². The maximum atomic E-state index is 10.5. The number of nitrogens with zero attached hydrogens (tertiary/aromatic N) is 1. The molecule has 0 unspecified atom stereocenters. The summed E-state index contributed by atoms with van der Waals surface area (Å²) in [4.78, 5) is 12.2. The molecule has 0 spiro atoms. The summed E-state index contributed by atoms with van der Waals surface area (Å²) in [5.41, 5.74) is 0. The normalized spacial score (nSPS) is 32.3. The molecule has 0 saturated carbocycles. The van der Waals surface area contributed by atoms with Crippen LogP contribution in [0.4, 0.5) is 0 Å². The summed E-state index contributed by atoms with van der Waals surface area (Å²) >= 11 is 5.83. The standard InChI is InChI=1S/C6H11BClNO2/c1-7(11)9-3-2-5(8)6(9)4-10/h4-6,11H,2-3H2,1H3/t5-,6+/m1/s1. The first-order chi connectivity index (χ1) is 5.16. The molecule has 0 aromatic rings. The lowest BCUT2D eigenvalue weighted by molar-refractivity contribution is -0.110. The first-order valence-electron chi connectivity index (χ1n) is 3.70. The van der Waals surface area contributed by atoms with E-state index in [0.29, 0.717) is 6.54 Å². The lowest BCUT2D eigenvalue weighted by atomic mass is 9.84. The zero-order valence-corrected chi connectivity index (χ0v) is 7.16. The van der Waals surface area contributed by atoms with E-state index in [1.807, 2.05) is 0 Å². The summed E-state index contributed by atoms with van der Waals surface area (Å²) < 4.78 is 0. The van der Waals surface area contributed by atoms with Gasteiger partial charge >= 0.3 is 7.05 Å². The fraction of sp³-hybridized carbons (Fsp3) is 0.833. The van der Waals surface area contributed by atoms with E-state index in [0.717, 1.165) is 12.7 Å². The van der Waals surface area contributed by atoms with Crippen LogP contribution in [-0.4, -0.2) is 41.1 Å². The monoisotopic (exact) mass is 175 g/mol. The Bertz CT molecular complexity index is 156. The summed E-state index contributed by atoms with van der Waals surface area (Å²) in [6.45, 7) is 2.35. The second-order valence-electron chi connectivity index (χ2n) is 2.80. The zero-order chi connectivity index (χ0) is 8.43. The van der Waals surface area contributed by atoms with Crippen molar-refractivity contribution in [3.8, 4) is 0 Å². The predicted octanol–water partition coefficient (Wildman–Crippen LogP) is -0.0227.